The van der Waals surface area contributed by atoms with E-state index in [1.165, 1.54) is 5.56 Å². The Balaban J connectivity index is 2.07. The fraction of sp³-hybridized carbons (Fsp3) is 0.692. The molecule has 5 nitrogen and oxygen atoms in total. The Bertz CT molecular complexity index is 379. The maximum absolute atomic E-state index is 11.5. The van der Waals surface area contributed by atoms with Gasteiger partial charge in [0.05, 0.1) is 6.20 Å². The fourth-order valence-electron chi connectivity index (χ4n) is 1.64. The monoisotopic (exact) mass is 252 g/mol. The van der Waals surface area contributed by atoms with Crippen molar-refractivity contribution in [1.29, 1.82) is 0 Å². The van der Waals surface area contributed by atoms with Gasteiger partial charge in [0.1, 0.15) is 0 Å². The van der Waals surface area contributed by atoms with Crippen molar-refractivity contribution in [2.24, 2.45) is 7.05 Å². The molecule has 0 bridgehead atoms. The van der Waals surface area contributed by atoms with E-state index in [0.29, 0.717) is 13.0 Å². The van der Waals surface area contributed by atoms with Crippen LogP contribution in [0.4, 0.5) is 0 Å². The summed E-state index contributed by atoms with van der Waals surface area (Å²) in [5.74, 6) is 0.0939. The molecule has 0 saturated carbocycles. The van der Waals surface area contributed by atoms with Gasteiger partial charge in [-0.15, -0.1) is 0 Å². The molecular weight excluding hydrogens is 228 g/mol. The quantitative estimate of drug-likeness (QED) is 0.738. The second kappa shape index (κ2) is 6.54. The van der Waals surface area contributed by atoms with Crippen LogP contribution in [0.5, 0.6) is 0 Å². The Morgan fingerprint density at radius 1 is 1.39 bits per heavy atom. The molecule has 102 valence electrons. The molecule has 0 saturated heterocycles. The van der Waals surface area contributed by atoms with Crippen LogP contribution in [0.1, 0.15) is 32.8 Å². The lowest BCUT2D eigenvalue weighted by molar-refractivity contribution is -0.122. The molecule has 2 N–H and O–H groups in total. The van der Waals surface area contributed by atoms with Crippen molar-refractivity contribution >= 4 is 5.91 Å². The number of carbonyl (C=O) groups excluding carboxylic acids is 1. The molecule has 0 aliphatic rings. The minimum atomic E-state index is -0.146. The highest BCUT2D eigenvalue weighted by atomic mass is 16.1. The molecule has 0 unspecified atom stereocenters. The number of hydrogen-bond donors (Lipinski definition) is 2. The van der Waals surface area contributed by atoms with Gasteiger partial charge in [0.2, 0.25) is 5.91 Å². The van der Waals surface area contributed by atoms with E-state index in [4.69, 9.17) is 0 Å². The lowest BCUT2D eigenvalue weighted by Gasteiger charge is -2.20. The van der Waals surface area contributed by atoms with Crippen molar-refractivity contribution in [3.63, 3.8) is 0 Å². The van der Waals surface area contributed by atoms with Gasteiger partial charge in [-0.3, -0.25) is 9.48 Å². The van der Waals surface area contributed by atoms with Crippen LogP contribution < -0.4 is 10.6 Å². The minimum absolute atomic E-state index is 0.0939. The Morgan fingerprint density at radius 3 is 2.67 bits per heavy atom. The van der Waals surface area contributed by atoms with Crippen LogP contribution in [0.15, 0.2) is 12.4 Å². The van der Waals surface area contributed by atoms with Gasteiger partial charge in [0.25, 0.3) is 0 Å². The van der Waals surface area contributed by atoms with E-state index in [2.05, 4.69) is 15.7 Å². The average molecular weight is 252 g/mol. The van der Waals surface area contributed by atoms with Crippen LogP contribution in [-0.2, 0) is 18.3 Å². The van der Waals surface area contributed by atoms with Crippen molar-refractivity contribution in [3.8, 4) is 0 Å². The third-order valence-corrected chi connectivity index (χ3v) is 2.39. The summed E-state index contributed by atoms with van der Waals surface area (Å²) in [5, 5.41) is 10.3. The van der Waals surface area contributed by atoms with Crippen LogP contribution in [0.25, 0.3) is 0 Å². The van der Waals surface area contributed by atoms with Crippen molar-refractivity contribution in [2.75, 3.05) is 13.1 Å². The number of hydrogen-bond acceptors (Lipinski definition) is 3. The van der Waals surface area contributed by atoms with Crippen molar-refractivity contribution in [1.82, 2.24) is 20.4 Å². The molecule has 0 aliphatic carbocycles. The summed E-state index contributed by atoms with van der Waals surface area (Å²) in [5.41, 5.74) is 1.07. The zero-order valence-electron chi connectivity index (χ0n) is 11.8. The smallest absolute Gasteiger partial charge is 0.221 e. The van der Waals surface area contributed by atoms with Gasteiger partial charge in [-0.1, -0.05) is 0 Å². The summed E-state index contributed by atoms with van der Waals surface area (Å²) in [4.78, 5) is 11.5. The third kappa shape index (κ3) is 6.39. The molecule has 1 amide bonds. The third-order valence-electron chi connectivity index (χ3n) is 2.39. The standard InChI is InChI=1S/C13H24N4O/c1-13(2,3)16-12(18)6-8-14-7-5-11-9-15-17(4)10-11/h9-10,14H,5-8H2,1-4H3,(H,16,18). The summed E-state index contributed by atoms with van der Waals surface area (Å²) in [6, 6.07) is 0. The predicted molar refractivity (Wildman–Crippen MR) is 72.3 cm³/mol. The highest BCUT2D eigenvalue weighted by Gasteiger charge is 2.12. The molecule has 1 aromatic heterocycles. The van der Waals surface area contributed by atoms with E-state index in [1.54, 1.807) is 4.68 Å². The Morgan fingerprint density at radius 2 is 2.11 bits per heavy atom. The Hall–Kier alpha value is -1.36. The van der Waals surface area contributed by atoms with E-state index in [-0.39, 0.29) is 11.4 Å². The molecule has 0 aromatic carbocycles. The van der Waals surface area contributed by atoms with Gasteiger partial charge in [-0.05, 0) is 39.3 Å². The predicted octanol–water partition coefficient (Wildman–Crippen LogP) is 0.857. The van der Waals surface area contributed by atoms with E-state index in [0.717, 1.165) is 13.0 Å². The number of aryl methyl sites for hydroxylation is 1. The minimum Gasteiger partial charge on any atom is -0.351 e. The first-order valence-corrected chi connectivity index (χ1v) is 6.36. The van der Waals surface area contributed by atoms with Gasteiger partial charge in [0, 0.05) is 31.7 Å². The molecule has 1 aromatic rings. The largest absolute Gasteiger partial charge is 0.351 e. The Kier molecular flexibility index (Phi) is 5.34. The second-order valence-electron chi connectivity index (χ2n) is 5.57. The molecule has 0 spiro atoms. The van der Waals surface area contributed by atoms with Crippen molar-refractivity contribution in [2.45, 2.75) is 39.2 Å². The molecule has 0 aliphatic heterocycles. The Labute approximate surface area is 109 Å². The molecule has 1 heterocycles. The highest BCUT2D eigenvalue weighted by molar-refractivity contribution is 5.76. The molecule has 5 heteroatoms. The van der Waals surface area contributed by atoms with Gasteiger partial charge in [-0.25, -0.2) is 0 Å². The fourth-order valence-corrected chi connectivity index (χ4v) is 1.64. The second-order valence-corrected chi connectivity index (χ2v) is 5.57. The van der Waals surface area contributed by atoms with Gasteiger partial charge < -0.3 is 10.6 Å². The summed E-state index contributed by atoms with van der Waals surface area (Å²) >= 11 is 0. The van der Waals surface area contributed by atoms with Crippen molar-refractivity contribution < 1.29 is 4.79 Å². The van der Waals surface area contributed by atoms with Gasteiger partial charge >= 0.3 is 0 Å². The normalized spacial score (nSPS) is 11.6. The maximum atomic E-state index is 11.5. The SMILES string of the molecule is Cn1cc(CCNCCC(=O)NC(C)(C)C)cn1. The van der Waals surface area contributed by atoms with E-state index >= 15 is 0 Å². The average Bonchev–Trinajstić information content (AvgIpc) is 2.61. The maximum Gasteiger partial charge on any atom is 0.221 e. The van der Waals surface area contributed by atoms with Crippen LogP contribution in [0.2, 0.25) is 0 Å². The first-order valence-electron chi connectivity index (χ1n) is 6.36. The number of aromatic nitrogens is 2. The number of amides is 1. The lowest BCUT2D eigenvalue weighted by Crippen LogP contribution is -2.41. The zero-order chi connectivity index (χ0) is 13.6. The number of carbonyl (C=O) groups is 1. The van der Waals surface area contributed by atoms with Gasteiger partial charge in [-0.2, -0.15) is 5.10 Å². The number of nitrogens with one attached hydrogen (secondary N) is 2. The van der Waals surface area contributed by atoms with E-state index < -0.39 is 0 Å². The summed E-state index contributed by atoms with van der Waals surface area (Å²) in [7, 11) is 1.91. The topological polar surface area (TPSA) is 59.0 Å². The molecule has 0 atom stereocenters. The first kappa shape index (κ1) is 14.7. The number of nitrogens with zero attached hydrogens (tertiary/aromatic N) is 2. The van der Waals surface area contributed by atoms with Gasteiger partial charge in [0.15, 0.2) is 0 Å². The van der Waals surface area contributed by atoms with E-state index in [9.17, 15) is 4.79 Å². The van der Waals surface area contributed by atoms with Crippen LogP contribution >= 0.6 is 0 Å². The molecule has 1 rings (SSSR count). The van der Waals surface area contributed by atoms with Crippen LogP contribution in [0, 0.1) is 0 Å². The lowest BCUT2D eigenvalue weighted by atomic mass is 10.1. The van der Waals surface area contributed by atoms with E-state index in [1.807, 2.05) is 40.2 Å². The zero-order valence-corrected chi connectivity index (χ0v) is 11.8. The first-order chi connectivity index (χ1) is 8.37. The molecule has 0 fully saturated rings. The van der Waals surface area contributed by atoms with Crippen molar-refractivity contribution in [3.05, 3.63) is 18.0 Å². The summed E-state index contributed by atoms with van der Waals surface area (Å²) in [6.45, 7) is 7.54. The number of rotatable bonds is 6. The summed E-state index contributed by atoms with van der Waals surface area (Å²) < 4.78 is 1.80. The van der Waals surface area contributed by atoms with Crippen LogP contribution in [0.3, 0.4) is 0 Å². The molecule has 0 radical (unpaired) electrons. The molecule has 18 heavy (non-hydrogen) atoms. The highest BCUT2D eigenvalue weighted by Crippen LogP contribution is 1.99. The summed E-state index contributed by atoms with van der Waals surface area (Å²) in [6.07, 6.45) is 5.33. The molecular formula is C13H24N4O. The van der Waals surface area contributed by atoms with Crippen LogP contribution in [-0.4, -0.2) is 34.3 Å².